The summed E-state index contributed by atoms with van der Waals surface area (Å²) < 4.78 is 40.2. The molecule has 2 aromatic carbocycles. The van der Waals surface area contributed by atoms with Crippen molar-refractivity contribution in [1.29, 1.82) is 0 Å². The predicted molar refractivity (Wildman–Crippen MR) is 129 cm³/mol. The van der Waals surface area contributed by atoms with E-state index in [1.807, 2.05) is 6.92 Å². The molecule has 2 aliphatic heterocycles. The Morgan fingerprint density at radius 2 is 1.91 bits per heavy atom. The summed E-state index contributed by atoms with van der Waals surface area (Å²) in [7, 11) is 2.21. The first kappa shape index (κ1) is 22.9. The van der Waals surface area contributed by atoms with Gasteiger partial charge >= 0.3 is 6.18 Å². The van der Waals surface area contributed by atoms with Crippen molar-refractivity contribution in [1.82, 2.24) is 15.1 Å². The SMILES string of the molecule is Cc1c([C@@H](C)Nc2nncc3ccc(N4CCC5CCN(C)C5C4)cc23)cccc1C(F)(F)F. The fourth-order valence-electron chi connectivity index (χ4n) is 5.67. The Morgan fingerprint density at radius 3 is 2.71 bits per heavy atom. The van der Waals surface area contributed by atoms with E-state index in [9.17, 15) is 13.2 Å². The summed E-state index contributed by atoms with van der Waals surface area (Å²) in [4.78, 5) is 4.91. The van der Waals surface area contributed by atoms with E-state index in [2.05, 4.69) is 50.6 Å². The van der Waals surface area contributed by atoms with Gasteiger partial charge in [-0.1, -0.05) is 18.2 Å². The maximum absolute atomic E-state index is 13.4. The molecule has 3 atom stereocenters. The summed E-state index contributed by atoms with van der Waals surface area (Å²) in [6.45, 7) is 6.58. The second kappa shape index (κ2) is 8.73. The number of piperidine rings is 1. The molecule has 0 amide bonds. The zero-order valence-electron chi connectivity index (χ0n) is 19.7. The Balaban J connectivity index is 1.43. The molecule has 180 valence electrons. The van der Waals surface area contributed by atoms with E-state index in [1.54, 1.807) is 12.3 Å². The Hall–Kier alpha value is -2.87. The number of rotatable bonds is 4. The molecule has 3 aromatic rings. The monoisotopic (exact) mass is 469 g/mol. The molecule has 2 aliphatic rings. The Morgan fingerprint density at radius 1 is 1.12 bits per heavy atom. The van der Waals surface area contributed by atoms with Crippen molar-refractivity contribution >= 4 is 22.3 Å². The van der Waals surface area contributed by atoms with Crippen molar-refractivity contribution in [3.63, 3.8) is 0 Å². The highest BCUT2D eigenvalue weighted by Gasteiger charge is 2.36. The van der Waals surface area contributed by atoms with Crippen LogP contribution in [0, 0.1) is 12.8 Å². The molecule has 1 N–H and O–H groups in total. The minimum Gasteiger partial charge on any atom is -0.370 e. The van der Waals surface area contributed by atoms with Gasteiger partial charge in [0, 0.05) is 35.6 Å². The number of aromatic nitrogens is 2. The molecule has 2 saturated heterocycles. The fourth-order valence-corrected chi connectivity index (χ4v) is 5.67. The Bertz CT molecular complexity index is 1190. The molecule has 0 aliphatic carbocycles. The number of nitrogens with zero attached hydrogens (tertiary/aromatic N) is 4. The molecule has 1 aromatic heterocycles. The van der Waals surface area contributed by atoms with Gasteiger partial charge in [-0.25, -0.2) is 0 Å². The molecule has 0 radical (unpaired) electrons. The van der Waals surface area contributed by atoms with Crippen molar-refractivity contribution in [3.8, 4) is 0 Å². The van der Waals surface area contributed by atoms with Crippen molar-refractivity contribution in [2.45, 2.75) is 44.9 Å². The minimum absolute atomic E-state index is 0.229. The van der Waals surface area contributed by atoms with Crippen molar-refractivity contribution in [2.75, 3.05) is 36.9 Å². The van der Waals surface area contributed by atoms with Crippen molar-refractivity contribution < 1.29 is 13.2 Å². The van der Waals surface area contributed by atoms with Crippen molar-refractivity contribution in [2.24, 2.45) is 5.92 Å². The smallest absolute Gasteiger partial charge is 0.370 e. The third kappa shape index (κ3) is 4.19. The summed E-state index contributed by atoms with van der Waals surface area (Å²) in [6, 6.07) is 10.8. The van der Waals surface area contributed by atoms with Gasteiger partial charge in [-0.15, -0.1) is 5.10 Å². The van der Waals surface area contributed by atoms with Gasteiger partial charge in [-0.3, -0.25) is 0 Å². The molecular weight excluding hydrogens is 439 g/mol. The largest absolute Gasteiger partial charge is 0.416 e. The van der Waals surface area contributed by atoms with Crippen molar-refractivity contribution in [3.05, 3.63) is 59.3 Å². The fraction of sp³-hybridized carbons (Fsp3) is 0.462. The van der Waals surface area contributed by atoms with Gasteiger partial charge < -0.3 is 15.1 Å². The van der Waals surface area contributed by atoms with Crippen LogP contribution in [0.1, 0.15) is 42.5 Å². The van der Waals surface area contributed by atoms with E-state index in [-0.39, 0.29) is 11.6 Å². The van der Waals surface area contributed by atoms with Gasteiger partial charge in [0.05, 0.1) is 17.8 Å². The highest BCUT2D eigenvalue weighted by atomic mass is 19.4. The second-order valence-corrected chi connectivity index (χ2v) is 9.68. The number of hydrogen-bond donors (Lipinski definition) is 1. The summed E-state index contributed by atoms with van der Waals surface area (Å²) in [5.74, 6) is 1.36. The second-order valence-electron chi connectivity index (χ2n) is 9.68. The minimum atomic E-state index is -4.38. The van der Waals surface area contributed by atoms with Crippen LogP contribution in [0.3, 0.4) is 0 Å². The quantitative estimate of drug-likeness (QED) is 0.534. The number of halogens is 3. The lowest BCUT2D eigenvalue weighted by molar-refractivity contribution is -0.138. The van der Waals surface area contributed by atoms with Crippen LogP contribution in [0.4, 0.5) is 24.7 Å². The van der Waals surface area contributed by atoms with Crippen LogP contribution in [0.15, 0.2) is 42.6 Å². The number of anilines is 2. The first-order valence-corrected chi connectivity index (χ1v) is 11.9. The first-order valence-electron chi connectivity index (χ1n) is 11.9. The van der Waals surface area contributed by atoms with E-state index in [0.29, 0.717) is 17.4 Å². The van der Waals surface area contributed by atoms with Gasteiger partial charge in [0.2, 0.25) is 0 Å². The van der Waals surface area contributed by atoms with E-state index >= 15 is 0 Å². The summed E-state index contributed by atoms with van der Waals surface area (Å²) in [5.41, 5.74) is 1.36. The predicted octanol–water partition coefficient (Wildman–Crippen LogP) is 5.66. The lowest BCUT2D eigenvalue weighted by Gasteiger charge is -2.38. The zero-order valence-corrected chi connectivity index (χ0v) is 19.7. The molecule has 5 nitrogen and oxygen atoms in total. The normalized spacial score (nSPS) is 22.1. The maximum atomic E-state index is 13.4. The molecule has 0 bridgehead atoms. The first-order chi connectivity index (χ1) is 16.2. The van der Waals surface area contributed by atoms with Crippen LogP contribution in [-0.2, 0) is 6.18 Å². The third-order valence-electron chi connectivity index (χ3n) is 7.65. The average molecular weight is 470 g/mol. The Labute approximate surface area is 198 Å². The molecule has 2 unspecified atom stereocenters. The third-order valence-corrected chi connectivity index (χ3v) is 7.65. The average Bonchev–Trinajstić information content (AvgIpc) is 3.18. The van der Waals surface area contributed by atoms with E-state index in [1.165, 1.54) is 25.8 Å². The van der Waals surface area contributed by atoms with Crippen LogP contribution in [-0.4, -0.2) is 47.8 Å². The topological polar surface area (TPSA) is 44.3 Å². The van der Waals surface area contributed by atoms with Gasteiger partial charge in [0.1, 0.15) is 0 Å². The number of likely N-dealkylation sites (N-methyl/N-ethyl adjacent to an activating group) is 1. The standard InChI is InChI=1S/C26H30F3N5/c1-16-21(5-4-6-23(16)26(27,28)29)17(2)31-25-22-13-20(8-7-19(22)14-30-32-25)34-12-10-18-9-11-33(3)24(18)15-34/h4-8,13-14,17-18,24H,9-12,15H2,1-3H3,(H,31,32)/t17-,18?,24?/m1/s1. The lowest BCUT2D eigenvalue weighted by atomic mass is 9.92. The summed E-state index contributed by atoms with van der Waals surface area (Å²) in [6.07, 6.45) is -0.182. The number of nitrogens with one attached hydrogen (secondary N) is 1. The van der Waals surface area contributed by atoms with E-state index in [4.69, 9.17) is 0 Å². The van der Waals surface area contributed by atoms with Crippen LogP contribution < -0.4 is 10.2 Å². The van der Waals surface area contributed by atoms with E-state index < -0.39 is 11.7 Å². The molecule has 3 heterocycles. The van der Waals surface area contributed by atoms with Crippen LogP contribution >= 0.6 is 0 Å². The van der Waals surface area contributed by atoms with Gasteiger partial charge in [0.25, 0.3) is 0 Å². The van der Waals surface area contributed by atoms with Crippen LogP contribution in [0.5, 0.6) is 0 Å². The molecular formula is C26H30F3N5. The van der Waals surface area contributed by atoms with Gasteiger partial charge in [-0.2, -0.15) is 18.3 Å². The Kier molecular flexibility index (Phi) is 5.88. The van der Waals surface area contributed by atoms with Gasteiger partial charge in [-0.05, 0) is 75.5 Å². The molecule has 2 fully saturated rings. The highest BCUT2D eigenvalue weighted by Crippen LogP contribution is 2.37. The number of hydrogen-bond acceptors (Lipinski definition) is 5. The highest BCUT2D eigenvalue weighted by molar-refractivity contribution is 5.93. The number of likely N-dealkylation sites (tertiary alicyclic amines) is 1. The zero-order chi connectivity index (χ0) is 24.0. The number of fused-ring (bicyclic) bond motifs is 2. The molecule has 5 rings (SSSR count). The summed E-state index contributed by atoms with van der Waals surface area (Å²) in [5, 5.41) is 13.6. The summed E-state index contributed by atoms with van der Waals surface area (Å²) >= 11 is 0. The molecule has 0 saturated carbocycles. The molecule has 0 spiro atoms. The van der Waals surface area contributed by atoms with Crippen LogP contribution in [0.25, 0.3) is 10.8 Å². The lowest BCUT2D eigenvalue weighted by Crippen LogP contribution is -2.47. The number of benzene rings is 2. The van der Waals surface area contributed by atoms with Gasteiger partial charge in [0.15, 0.2) is 5.82 Å². The molecule has 8 heteroatoms. The maximum Gasteiger partial charge on any atom is 0.416 e. The number of alkyl halides is 3. The molecule has 34 heavy (non-hydrogen) atoms. The van der Waals surface area contributed by atoms with Crippen LogP contribution in [0.2, 0.25) is 0 Å². The van der Waals surface area contributed by atoms with E-state index in [0.717, 1.165) is 48.1 Å².